The standard InChI is InChI=1S/C16H23O3P.Li.H/c1-11-9-13(18-2)15(14(10-11)19-3)16(17)20-12-7-5-4-6-8-12;;/h9-10,12,20H,4-8H2,1-3H3;;/q;+1;-1. The maximum absolute atomic E-state index is 12.6. The average molecular weight is 302 g/mol. The number of rotatable bonds is 5. The summed E-state index contributed by atoms with van der Waals surface area (Å²) in [4.78, 5) is 12.6. The van der Waals surface area contributed by atoms with Crippen LogP contribution < -0.4 is 28.3 Å². The molecule has 0 bridgehead atoms. The number of carbonyl (C=O) groups is 1. The second-order valence-corrected chi connectivity index (χ2v) is 6.91. The molecule has 1 atom stereocenters. The molecule has 0 N–H and O–H groups in total. The molecule has 1 aliphatic rings. The van der Waals surface area contributed by atoms with Gasteiger partial charge in [-0.2, -0.15) is 0 Å². The van der Waals surface area contributed by atoms with Gasteiger partial charge < -0.3 is 10.9 Å². The smallest absolute Gasteiger partial charge is 1.00 e. The van der Waals surface area contributed by atoms with Crippen molar-refractivity contribution in [3.63, 3.8) is 0 Å². The van der Waals surface area contributed by atoms with Crippen LogP contribution in [0, 0.1) is 6.92 Å². The van der Waals surface area contributed by atoms with Crippen molar-refractivity contribution in [1.82, 2.24) is 0 Å². The molecule has 0 heterocycles. The van der Waals surface area contributed by atoms with E-state index >= 15 is 0 Å². The zero-order chi connectivity index (χ0) is 14.5. The van der Waals surface area contributed by atoms with Crippen molar-refractivity contribution in [2.75, 3.05) is 14.2 Å². The Morgan fingerprint density at radius 2 is 1.67 bits per heavy atom. The van der Waals surface area contributed by atoms with Crippen molar-refractivity contribution in [2.45, 2.75) is 44.7 Å². The van der Waals surface area contributed by atoms with Crippen molar-refractivity contribution >= 4 is 14.1 Å². The molecule has 0 saturated heterocycles. The van der Waals surface area contributed by atoms with E-state index in [4.69, 9.17) is 9.47 Å². The molecule has 1 unspecified atom stereocenters. The van der Waals surface area contributed by atoms with Crippen LogP contribution in [0.4, 0.5) is 0 Å². The van der Waals surface area contributed by atoms with Crippen LogP contribution >= 0.6 is 8.58 Å². The molecule has 21 heavy (non-hydrogen) atoms. The first-order chi connectivity index (χ1) is 9.65. The van der Waals surface area contributed by atoms with Crippen molar-refractivity contribution in [3.8, 4) is 11.5 Å². The van der Waals surface area contributed by atoms with Gasteiger partial charge in [0.1, 0.15) is 17.1 Å². The molecule has 3 nitrogen and oxygen atoms in total. The first kappa shape index (κ1) is 18.6. The van der Waals surface area contributed by atoms with Crippen LogP contribution in [-0.4, -0.2) is 25.4 Å². The zero-order valence-corrected chi connectivity index (χ0v) is 14.5. The second kappa shape index (κ2) is 8.84. The maximum atomic E-state index is 12.6. The maximum Gasteiger partial charge on any atom is 1.00 e. The third-order valence-corrected chi connectivity index (χ3v) is 5.32. The molecule has 112 valence electrons. The van der Waals surface area contributed by atoms with Gasteiger partial charge >= 0.3 is 18.9 Å². The molecule has 5 heteroatoms. The summed E-state index contributed by atoms with van der Waals surface area (Å²) < 4.78 is 10.8. The first-order valence-electron chi connectivity index (χ1n) is 7.19. The van der Waals surface area contributed by atoms with Gasteiger partial charge in [0.25, 0.3) is 0 Å². The van der Waals surface area contributed by atoms with Gasteiger partial charge in [0, 0.05) is 0 Å². The van der Waals surface area contributed by atoms with Crippen molar-refractivity contribution in [3.05, 3.63) is 23.3 Å². The second-order valence-electron chi connectivity index (χ2n) is 5.35. The molecule has 1 fully saturated rings. The van der Waals surface area contributed by atoms with E-state index in [1.165, 1.54) is 32.1 Å². The van der Waals surface area contributed by atoms with E-state index in [2.05, 4.69) is 0 Å². The summed E-state index contributed by atoms with van der Waals surface area (Å²) in [6.45, 7) is 1.97. The van der Waals surface area contributed by atoms with Gasteiger partial charge in [0.05, 0.1) is 14.2 Å². The number of hydrogen-bond donors (Lipinski definition) is 0. The fraction of sp³-hybridized carbons (Fsp3) is 0.562. The summed E-state index contributed by atoms with van der Waals surface area (Å²) in [5.41, 5.74) is 2.37. The number of aryl methyl sites for hydroxylation is 1. The Kier molecular flexibility index (Phi) is 7.81. The van der Waals surface area contributed by atoms with Crippen LogP contribution in [0.1, 0.15) is 49.5 Å². The predicted octanol–water partition coefficient (Wildman–Crippen LogP) is 1.28. The first-order valence-corrected chi connectivity index (χ1v) is 8.27. The Morgan fingerprint density at radius 3 is 2.14 bits per heavy atom. The molecular weight excluding hydrogens is 278 g/mol. The van der Waals surface area contributed by atoms with Gasteiger partial charge in [0.15, 0.2) is 5.52 Å². The van der Waals surface area contributed by atoms with E-state index in [1.54, 1.807) is 14.2 Å². The molecule has 1 aromatic rings. The third kappa shape index (κ3) is 4.75. The Bertz CT molecular complexity index is 465. The Balaban J connectivity index is 0.00000220. The minimum absolute atomic E-state index is 0. The molecule has 2 rings (SSSR count). The van der Waals surface area contributed by atoms with Gasteiger partial charge in [-0.3, -0.25) is 4.79 Å². The molecule has 0 amide bonds. The van der Waals surface area contributed by atoms with E-state index in [0.717, 1.165) is 5.56 Å². The predicted molar refractivity (Wildman–Crippen MR) is 84.9 cm³/mol. The van der Waals surface area contributed by atoms with E-state index in [0.29, 0.717) is 31.3 Å². The summed E-state index contributed by atoms with van der Waals surface area (Å²) in [5.74, 6) is 1.27. The number of ether oxygens (including phenoxy) is 2. The van der Waals surface area contributed by atoms with Gasteiger partial charge in [-0.05, 0) is 51.7 Å². The van der Waals surface area contributed by atoms with Crippen molar-refractivity contribution < 1.29 is 34.6 Å². The summed E-state index contributed by atoms with van der Waals surface area (Å²) in [7, 11) is 3.54. The van der Waals surface area contributed by atoms with Crippen LogP contribution in [0.2, 0.25) is 0 Å². The zero-order valence-electron chi connectivity index (χ0n) is 14.5. The molecule has 1 aromatic carbocycles. The summed E-state index contributed by atoms with van der Waals surface area (Å²) in [6.07, 6.45) is 6.19. The number of carbonyl (C=O) groups excluding carboxylic acids is 1. The fourth-order valence-corrected chi connectivity index (χ4v) is 4.23. The van der Waals surface area contributed by atoms with Crippen molar-refractivity contribution in [1.29, 1.82) is 0 Å². The van der Waals surface area contributed by atoms with E-state index in [-0.39, 0.29) is 25.8 Å². The van der Waals surface area contributed by atoms with Gasteiger partial charge in [-0.15, -0.1) is 0 Å². The average Bonchev–Trinajstić information content (AvgIpc) is 2.46. The van der Waals surface area contributed by atoms with Gasteiger partial charge in [-0.1, -0.05) is 19.3 Å². The number of methoxy groups -OCH3 is 2. The van der Waals surface area contributed by atoms with Crippen LogP contribution in [-0.2, 0) is 0 Å². The Morgan fingerprint density at radius 1 is 1.14 bits per heavy atom. The number of benzene rings is 1. The molecule has 0 radical (unpaired) electrons. The summed E-state index contributed by atoms with van der Waals surface area (Å²) >= 11 is 0. The van der Waals surface area contributed by atoms with E-state index < -0.39 is 0 Å². The summed E-state index contributed by atoms with van der Waals surface area (Å²) in [5, 5.41) is 0. The van der Waals surface area contributed by atoms with E-state index in [9.17, 15) is 4.79 Å². The molecule has 1 saturated carbocycles. The Labute approximate surface area is 142 Å². The van der Waals surface area contributed by atoms with Crippen LogP contribution in [0.25, 0.3) is 0 Å². The van der Waals surface area contributed by atoms with Crippen molar-refractivity contribution in [2.24, 2.45) is 0 Å². The van der Waals surface area contributed by atoms with Gasteiger partial charge in [-0.25, -0.2) is 0 Å². The van der Waals surface area contributed by atoms with Crippen LogP contribution in [0.3, 0.4) is 0 Å². The minimum Gasteiger partial charge on any atom is -1.00 e. The minimum atomic E-state index is 0. The third-order valence-electron chi connectivity index (χ3n) is 3.82. The molecule has 0 spiro atoms. The molecular formula is C16H24LiO3P. The normalized spacial score (nSPS) is 15.8. The molecule has 0 aromatic heterocycles. The topological polar surface area (TPSA) is 35.5 Å². The van der Waals surface area contributed by atoms with E-state index in [1.807, 2.05) is 19.1 Å². The molecule has 1 aliphatic carbocycles. The number of hydrogen-bond acceptors (Lipinski definition) is 3. The monoisotopic (exact) mass is 302 g/mol. The Hall–Kier alpha value is -0.483. The van der Waals surface area contributed by atoms with Gasteiger partial charge in [0.2, 0.25) is 0 Å². The molecule has 0 aliphatic heterocycles. The SMILES string of the molecule is COc1cc(C)cc(OC)c1C(=O)PC1CCCCC1.[H-].[Li+]. The largest absolute Gasteiger partial charge is 1.00 e. The quantitative estimate of drug-likeness (QED) is 0.607. The van der Waals surface area contributed by atoms with Crippen LogP contribution in [0.5, 0.6) is 11.5 Å². The fourth-order valence-electron chi connectivity index (χ4n) is 2.77. The summed E-state index contributed by atoms with van der Waals surface area (Å²) in [6, 6.07) is 3.81. The van der Waals surface area contributed by atoms with Crippen LogP contribution in [0.15, 0.2) is 12.1 Å².